The molecular formula is C27H34F2. The van der Waals surface area contributed by atoms with E-state index >= 15 is 4.39 Å². The SMILES string of the molecule is C/C=C/CCc1cc(F)c2cc([C@@H]3CC[C@@H]4CC(CC)CCC4C3)c(F)cc2c1. The first kappa shape index (κ1) is 20.6. The highest BCUT2D eigenvalue weighted by atomic mass is 19.1. The van der Waals surface area contributed by atoms with Gasteiger partial charge in [-0.1, -0.05) is 38.0 Å². The highest BCUT2D eigenvalue weighted by Gasteiger charge is 2.36. The second-order valence-electron chi connectivity index (χ2n) is 9.40. The first-order chi connectivity index (χ1) is 14.1. The summed E-state index contributed by atoms with van der Waals surface area (Å²) in [6.45, 7) is 4.29. The lowest BCUT2D eigenvalue weighted by molar-refractivity contribution is 0.115. The van der Waals surface area contributed by atoms with Crippen molar-refractivity contribution in [2.24, 2.45) is 17.8 Å². The fraction of sp³-hybridized carbons (Fsp3) is 0.556. The van der Waals surface area contributed by atoms with E-state index in [1.54, 1.807) is 12.1 Å². The van der Waals surface area contributed by atoms with Gasteiger partial charge in [0.25, 0.3) is 0 Å². The molecule has 0 spiro atoms. The van der Waals surface area contributed by atoms with Crippen molar-refractivity contribution >= 4 is 10.8 Å². The Morgan fingerprint density at radius 3 is 2.52 bits per heavy atom. The van der Waals surface area contributed by atoms with Crippen LogP contribution < -0.4 is 0 Å². The largest absolute Gasteiger partial charge is 0.207 e. The highest BCUT2D eigenvalue weighted by Crippen LogP contribution is 2.48. The van der Waals surface area contributed by atoms with Crippen molar-refractivity contribution in [2.75, 3.05) is 0 Å². The zero-order valence-electron chi connectivity index (χ0n) is 17.9. The summed E-state index contributed by atoms with van der Waals surface area (Å²) in [6, 6.07) is 6.99. The summed E-state index contributed by atoms with van der Waals surface area (Å²) in [7, 11) is 0. The summed E-state index contributed by atoms with van der Waals surface area (Å²) in [5.41, 5.74) is 1.68. The normalized spacial score (nSPS) is 27.4. The molecule has 0 saturated heterocycles. The van der Waals surface area contributed by atoms with Gasteiger partial charge in [0, 0.05) is 5.39 Å². The molecule has 0 heterocycles. The maximum atomic E-state index is 15.1. The molecule has 0 amide bonds. The zero-order valence-corrected chi connectivity index (χ0v) is 17.9. The number of benzene rings is 2. The third kappa shape index (κ3) is 4.42. The minimum absolute atomic E-state index is 0.145. The van der Waals surface area contributed by atoms with Gasteiger partial charge in [-0.15, -0.1) is 0 Å². The van der Waals surface area contributed by atoms with Crippen LogP contribution in [0.15, 0.2) is 36.4 Å². The number of fused-ring (bicyclic) bond motifs is 2. The van der Waals surface area contributed by atoms with Crippen LogP contribution in [-0.2, 0) is 6.42 Å². The second kappa shape index (κ2) is 8.98. The minimum Gasteiger partial charge on any atom is -0.207 e. The Hall–Kier alpha value is -1.70. The van der Waals surface area contributed by atoms with E-state index in [2.05, 4.69) is 13.0 Å². The zero-order chi connectivity index (χ0) is 20.4. The first-order valence-corrected chi connectivity index (χ1v) is 11.6. The van der Waals surface area contributed by atoms with Crippen LogP contribution in [0.1, 0.15) is 82.3 Å². The molecule has 2 aromatic rings. The monoisotopic (exact) mass is 396 g/mol. The van der Waals surface area contributed by atoms with Crippen LogP contribution in [0.25, 0.3) is 10.8 Å². The standard InChI is InChI=1S/C27H34F2/c1-3-5-6-7-19-13-23-16-27(29)24(17-25(23)26(28)14-19)22-11-10-20-12-18(4-2)8-9-21(20)15-22/h3,5,13-14,16-18,20-22H,4,6-12,15H2,1-2H3/b5-3+/t18?,20-,21?,22-/m1/s1. The third-order valence-electron chi connectivity index (χ3n) is 7.65. The Morgan fingerprint density at radius 2 is 1.72 bits per heavy atom. The highest BCUT2D eigenvalue weighted by molar-refractivity contribution is 5.85. The summed E-state index contributed by atoms with van der Waals surface area (Å²) >= 11 is 0. The second-order valence-corrected chi connectivity index (χ2v) is 9.40. The molecule has 0 bridgehead atoms. The molecule has 2 fully saturated rings. The molecule has 29 heavy (non-hydrogen) atoms. The molecule has 4 rings (SSSR count). The summed E-state index contributed by atoms with van der Waals surface area (Å²) < 4.78 is 29.9. The molecule has 0 aromatic heterocycles. The number of allylic oxidation sites excluding steroid dienone is 2. The van der Waals surface area contributed by atoms with Gasteiger partial charge in [0.1, 0.15) is 11.6 Å². The fourth-order valence-corrected chi connectivity index (χ4v) is 5.93. The van der Waals surface area contributed by atoms with Gasteiger partial charge in [0.05, 0.1) is 0 Å². The van der Waals surface area contributed by atoms with Gasteiger partial charge in [0.2, 0.25) is 0 Å². The number of hydrogen-bond donors (Lipinski definition) is 0. The molecule has 2 aliphatic carbocycles. The van der Waals surface area contributed by atoms with Crippen molar-refractivity contribution in [2.45, 2.75) is 77.6 Å². The summed E-state index contributed by atoms with van der Waals surface area (Å²) in [5, 5.41) is 1.27. The Labute approximate surface area is 174 Å². The molecule has 0 nitrogen and oxygen atoms in total. The Bertz CT molecular complexity index is 882. The van der Waals surface area contributed by atoms with Crippen molar-refractivity contribution in [3.8, 4) is 0 Å². The van der Waals surface area contributed by atoms with Gasteiger partial charge in [-0.2, -0.15) is 0 Å². The van der Waals surface area contributed by atoms with Gasteiger partial charge in [-0.3, -0.25) is 0 Å². The van der Waals surface area contributed by atoms with E-state index in [-0.39, 0.29) is 17.6 Å². The first-order valence-electron chi connectivity index (χ1n) is 11.6. The number of aryl methyl sites for hydroxylation is 1. The van der Waals surface area contributed by atoms with E-state index in [1.807, 2.05) is 25.1 Å². The van der Waals surface area contributed by atoms with E-state index in [1.165, 1.54) is 32.1 Å². The van der Waals surface area contributed by atoms with E-state index in [9.17, 15) is 4.39 Å². The molecule has 0 N–H and O–H groups in total. The lowest BCUT2D eigenvalue weighted by Crippen LogP contribution is -2.30. The minimum atomic E-state index is -0.212. The van der Waals surface area contributed by atoms with Crippen LogP contribution in [0.5, 0.6) is 0 Å². The smallest absolute Gasteiger partial charge is 0.131 e. The van der Waals surface area contributed by atoms with Crippen LogP contribution >= 0.6 is 0 Å². The maximum absolute atomic E-state index is 15.1. The quantitative estimate of drug-likeness (QED) is 0.446. The van der Waals surface area contributed by atoms with E-state index in [4.69, 9.17) is 0 Å². The van der Waals surface area contributed by atoms with Gasteiger partial charge in [-0.05, 0) is 110 Å². The number of rotatable bonds is 5. The van der Waals surface area contributed by atoms with Gasteiger partial charge in [0.15, 0.2) is 0 Å². The Kier molecular flexibility index (Phi) is 6.37. The van der Waals surface area contributed by atoms with Crippen LogP contribution in [0.3, 0.4) is 0 Å². The molecule has 2 aromatic carbocycles. The number of hydrogen-bond acceptors (Lipinski definition) is 0. The van der Waals surface area contributed by atoms with Crippen LogP contribution in [-0.4, -0.2) is 0 Å². The van der Waals surface area contributed by atoms with E-state index < -0.39 is 0 Å². The number of halogens is 2. The molecule has 4 atom stereocenters. The van der Waals surface area contributed by atoms with Gasteiger partial charge >= 0.3 is 0 Å². The van der Waals surface area contributed by atoms with E-state index in [0.717, 1.165) is 54.6 Å². The lowest BCUT2D eigenvalue weighted by Gasteiger charge is -2.42. The topological polar surface area (TPSA) is 0 Å². The third-order valence-corrected chi connectivity index (χ3v) is 7.65. The van der Waals surface area contributed by atoms with Crippen LogP contribution in [0.4, 0.5) is 8.78 Å². The van der Waals surface area contributed by atoms with E-state index in [0.29, 0.717) is 10.8 Å². The molecule has 0 aliphatic heterocycles. The molecular weight excluding hydrogens is 362 g/mol. The van der Waals surface area contributed by atoms with Crippen molar-refractivity contribution in [1.29, 1.82) is 0 Å². The predicted octanol–water partition coefficient (Wildman–Crippen LogP) is 8.34. The summed E-state index contributed by atoms with van der Waals surface area (Å²) in [6.07, 6.45) is 14.3. The molecule has 2 aliphatic rings. The average molecular weight is 397 g/mol. The van der Waals surface area contributed by atoms with Crippen LogP contribution in [0.2, 0.25) is 0 Å². The molecule has 2 unspecified atom stereocenters. The summed E-state index contributed by atoms with van der Waals surface area (Å²) in [4.78, 5) is 0. The molecule has 0 radical (unpaired) electrons. The van der Waals surface area contributed by atoms with Crippen molar-refractivity contribution in [3.63, 3.8) is 0 Å². The fourth-order valence-electron chi connectivity index (χ4n) is 5.93. The van der Waals surface area contributed by atoms with Crippen molar-refractivity contribution in [3.05, 3.63) is 59.2 Å². The Morgan fingerprint density at radius 1 is 0.931 bits per heavy atom. The molecule has 156 valence electrons. The molecule has 2 heteroatoms. The van der Waals surface area contributed by atoms with Crippen LogP contribution in [0, 0.1) is 29.4 Å². The predicted molar refractivity (Wildman–Crippen MR) is 118 cm³/mol. The lowest BCUT2D eigenvalue weighted by atomic mass is 9.63. The Balaban J connectivity index is 1.56. The maximum Gasteiger partial charge on any atom is 0.131 e. The van der Waals surface area contributed by atoms with Crippen molar-refractivity contribution in [1.82, 2.24) is 0 Å². The van der Waals surface area contributed by atoms with Gasteiger partial charge in [-0.25, -0.2) is 8.78 Å². The average Bonchev–Trinajstić information content (AvgIpc) is 2.73. The van der Waals surface area contributed by atoms with Crippen molar-refractivity contribution < 1.29 is 8.78 Å². The summed E-state index contributed by atoms with van der Waals surface area (Å²) in [5.74, 6) is 2.33. The van der Waals surface area contributed by atoms with Gasteiger partial charge < -0.3 is 0 Å². The molecule has 2 saturated carbocycles.